The number of anilines is 1. The number of carbonyl (C=O) groups is 1. The van der Waals surface area contributed by atoms with Crippen LogP contribution in [-0.4, -0.2) is 5.91 Å². The Morgan fingerprint density at radius 3 is 2.52 bits per heavy atom. The zero-order valence-electron chi connectivity index (χ0n) is 11.0. The molecule has 1 N–H and O–H groups in total. The first-order chi connectivity index (χ1) is 10.1. The molecule has 3 rings (SSSR count). The summed E-state index contributed by atoms with van der Waals surface area (Å²) in [5, 5.41) is 4.15. The zero-order chi connectivity index (χ0) is 15.0. The maximum absolute atomic E-state index is 11.4. The van der Waals surface area contributed by atoms with Gasteiger partial charge in [-0.1, -0.05) is 57.3 Å². The average molecular weight is 385 g/mol. The fraction of sp³-hybridized carbons (Fsp3) is 0.188. The van der Waals surface area contributed by atoms with E-state index in [0.717, 1.165) is 28.8 Å². The van der Waals surface area contributed by atoms with E-state index in [2.05, 4.69) is 27.3 Å². The lowest BCUT2D eigenvalue weighted by Gasteiger charge is -2.20. The number of rotatable bonds is 2. The van der Waals surface area contributed by atoms with E-state index in [4.69, 9.17) is 23.2 Å². The molecule has 108 valence electrons. The molecule has 0 bridgehead atoms. The lowest BCUT2D eigenvalue weighted by molar-refractivity contribution is -0.116. The SMILES string of the molecule is O=C1CCc2cc(C(Br)c3c(Cl)cccc3Cl)ccc2N1. The van der Waals surface area contributed by atoms with Crippen LogP contribution < -0.4 is 5.32 Å². The lowest BCUT2D eigenvalue weighted by Crippen LogP contribution is -2.19. The standard InChI is InChI=1S/C16H12BrCl2NO/c17-16(15-11(18)2-1-3-12(15)19)10-4-6-13-9(8-10)5-7-14(21)20-13/h1-4,6,8,16H,5,7H2,(H,20,21). The van der Waals surface area contributed by atoms with Crippen molar-refractivity contribution in [2.45, 2.75) is 17.7 Å². The number of hydrogen-bond acceptors (Lipinski definition) is 1. The smallest absolute Gasteiger partial charge is 0.224 e. The summed E-state index contributed by atoms with van der Waals surface area (Å²) in [6.07, 6.45) is 1.28. The van der Waals surface area contributed by atoms with Gasteiger partial charge >= 0.3 is 0 Å². The molecule has 1 atom stereocenters. The van der Waals surface area contributed by atoms with Crippen LogP contribution in [0.15, 0.2) is 36.4 Å². The predicted molar refractivity (Wildman–Crippen MR) is 90.6 cm³/mol. The van der Waals surface area contributed by atoms with Gasteiger partial charge in [0, 0.05) is 27.7 Å². The van der Waals surface area contributed by atoms with Gasteiger partial charge in [-0.2, -0.15) is 0 Å². The molecule has 1 amide bonds. The second-order valence-corrected chi connectivity index (χ2v) is 6.69. The summed E-state index contributed by atoms with van der Waals surface area (Å²) in [7, 11) is 0. The van der Waals surface area contributed by atoms with E-state index in [-0.39, 0.29) is 10.7 Å². The molecule has 21 heavy (non-hydrogen) atoms. The predicted octanol–water partition coefficient (Wildman–Crippen LogP) is 5.36. The van der Waals surface area contributed by atoms with Gasteiger partial charge in [-0.25, -0.2) is 0 Å². The normalized spacial score (nSPS) is 15.3. The summed E-state index contributed by atoms with van der Waals surface area (Å²) >= 11 is 16.2. The summed E-state index contributed by atoms with van der Waals surface area (Å²) in [4.78, 5) is 11.3. The van der Waals surface area contributed by atoms with Crippen molar-refractivity contribution < 1.29 is 4.79 Å². The van der Waals surface area contributed by atoms with Crippen LogP contribution in [0.2, 0.25) is 10.0 Å². The highest BCUT2D eigenvalue weighted by Crippen LogP contribution is 2.40. The second-order valence-electron chi connectivity index (χ2n) is 4.96. The molecule has 5 heteroatoms. The van der Waals surface area contributed by atoms with Crippen molar-refractivity contribution in [1.29, 1.82) is 0 Å². The third kappa shape index (κ3) is 2.96. The van der Waals surface area contributed by atoms with Crippen LogP contribution in [-0.2, 0) is 11.2 Å². The topological polar surface area (TPSA) is 29.1 Å². The molecule has 1 unspecified atom stereocenters. The van der Waals surface area contributed by atoms with E-state index in [1.54, 1.807) is 0 Å². The molecule has 1 heterocycles. The molecular weight excluding hydrogens is 373 g/mol. The molecule has 1 aliphatic heterocycles. The van der Waals surface area contributed by atoms with E-state index in [1.165, 1.54) is 0 Å². The van der Waals surface area contributed by atoms with Crippen molar-refractivity contribution in [3.05, 3.63) is 63.1 Å². The monoisotopic (exact) mass is 383 g/mol. The summed E-state index contributed by atoms with van der Waals surface area (Å²) in [6.45, 7) is 0. The van der Waals surface area contributed by atoms with Crippen LogP contribution in [0.3, 0.4) is 0 Å². The molecule has 0 radical (unpaired) electrons. The van der Waals surface area contributed by atoms with Gasteiger partial charge in [-0.3, -0.25) is 4.79 Å². The van der Waals surface area contributed by atoms with Crippen LogP contribution in [0, 0.1) is 0 Å². The number of halogens is 3. The summed E-state index contributed by atoms with van der Waals surface area (Å²) in [6, 6.07) is 11.5. The Balaban J connectivity index is 1.99. The Kier molecular flexibility index (Phi) is 4.25. The van der Waals surface area contributed by atoms with Gasteiger partial charge in [0.1, 0.15) is 0 Å². The molecular formula is C16H12BrCl2NO. The van der Waals surface area contributed by atoms with E-state index in [9.17, 15) is 4.79 Å². The van der Waals surface area contributed by atoms with Crippen LogP contribution in [0.25, 0.3) is 0 Å². The number of nitrogens with one attached hydrogen (secondary N) is 1. The van der Waals surface area contributed by atoms with Gasteiger partial charge in [0.2, 0.25) is 5.91 Å². The van der Waals surface area contributed by atoms with Crippen LogP contribution >= 0.6 is 39.1 Å². The van der Waals surface area contributed by atoms with Crippen molar-refractivity contribution >= 4 is 50.7 Å². The van der Waals surface area contributed by atoms with Gasteiger partial charge in [0.05, 0.1) is 4.83 Å². The number of aryl methyl sites for hydroxylation is 1. The third-order valence-corrected chi connectivity index (χ3v) is 5.22. The molecule has 2 aromatic rings. The number of fused-ring (bicyclic) bond motifs is 1. The van der Waals surface area contributed by atoms with Crippen molar-refractivity contribution in [3.63, 3.8) is 0 Å². The fourth-order valence-corrected chi connectivity index (χ4v) is 4.14. The van der Waals surface area contributed by atoms with Gasteiger partial charge in [-0.15, -0.1) is 0 Å². The van der Waals surface area contributed by atoms with Crippen molar-refractivity contribution in [2.75, 3.05) is 5.32 Å². The average Bonchev–Trinajstić information content (AvgIpc) is 2.46. The maximum Gasteiger partial charge on any atom is 0.224 e. The molecule has 0 spiro atoms. The Morgan fingerprint density at radius 1 is 1.10 bits per heavy atom. The minimum Gasteiger partial charge on any atom is -0.326 e. The number of carbonyl (C=O) groups excluding carboxylic acids is 1. The summed E-state index contributed by atoms with van der Waals surface area (Å²) in [5.41, 5.74) is 3.96. The van der Waals surface area contributed by atoms with Gasteiger partial charge in [0.15, 0.2) is 0 Å². The lowest BCUT2D eigenvalue weighted by atomic mass is 9.97. The molecule has 0 fully saturated rings. The largest absolute Gasteiger partial charge is 0.326 e. The van der Waals surface area contributed by atoms with Crippen LogP contribution in [0.4, 0.5) is 5.69 Å². The Hall–Kier alpha value is -1.03. The van der Waals surface area contributed by atoms with E-state index >= 15 is 0 Å². The third-order valence-electron chi connectivity index (χ3n) is 3.57. The number of alkyl halides is 1. The summed E-state index contributed by atoms with van der Waals surface area (Å²) < 4.78 is 0. The highest BCUT2D eigenvalue weighted by Gasteiger charge is 2.20. The van der Waals surface area contributed by atoms with Crippen molar-refractivity contribution in [3.8, 4) is 0 Å². The van der Waals surface area contributed by atoms with Gasteiger partial charge < -0.3 is 5.32 Å². The Morgan fingerprint density at radius 2 is 1.81 bits per heavy atom. The Bertz CT molecular complexity index is 697. The Labute approximate surface area is 141 Å². The second kappa shape index (κ2) is 5.99. The number of benzene rings is 2. The molecule has 0 aliphatic carbocycles. The van der Waals surface area contributed by atoms with Crippen molar-refractivity contribution in [1.82, 2.24) is 0 Å². The van der Waals surface area contributed by atoms with Gasteiger partial charge in [0.25, 0.3) is 0 Å². The van der Waals surface area contributed by atoms with Crippen molar-refractivity contribution in [2.24, 2.45) is 0 Å². The highest BCUT2D eigenvalue weighted by molar-refractivity contribution is 9.09. The molecule has 0 aromatic heterocycles. The van der Waals surface area contributed by atoms with Crippen LogP contribution in [0.1, 0.15) is 27.9 Å². The first kappa shape index (κ1) is 14.9. The summed E-state index contributed by atoms with van der Waals surface area (Å²) in [5.74, 6) is 0.0693. The molecule has 1 aliphatic rings. The molecule has 2 aromatic carbocycles. The molecule has 0 saturated carbocycles. The van der Waals surface area contributed by atoms with Crippen LogP contribution in [0.5, 0.6) is 0 Å². The highest BCUT2D eigenvalue weighted by atomic mass is 79.9. The van der Waals surface area contributed by atoms with E-state index < -0.39 is 0 Å². The first-order valence-corrected chi connectivity index (χ1v) is 8.24. The fourth-order valence-electron chi connectivity index (χ4n) is 2.48. The minimum atomic E-state index is -0.0818. The minimum absolute atomic E-state index is 0.0693. The maximum atomic E-state index is 11.4. The number of amides is 1. The number of hydrogen-bond donors (Lipinski definition) is 1. The van der Waals surface area contributed by atoms with Gasteiger partial charge in [-0.05, 0) is 35.7 Å². The zero-order valence-corrected chi connectivity index (χ0v) is 14.1. The molecule has 2 nitrogen and oxygen atoms in total. The van der Waals surface area contributed by atoms with E-state index in [0.29, 0.717) is 16.5 Å². The molecule has 0 saturated heterocycles. The quantitative estimate of drug-likeness (QED) is 0.693. The van der Waals surface area contributed by atoms with E-state index in [1.807, 2.05) is 30.3 Å². The first-order valence-electron chi connectivity index (χ1n) is 6.57.